The number of likely N-dealkylation sites (tertiary alicyclic amines) is 2. The second kappa shape index (κ2) is 11.2. The van der Waals surface area contributed by atoms with Crippen LogP contribution in [0.3, 0.4) is 0 Å². The van der Waals surface area contributed by atoms with Crippen LogP contribution in [-0.2, 0) is 0 Å². The molecule has 2 aliphatic heterocycles. The smallest absolute Gasteiger partial charge is 0.0564 e. The van der Waals surface area contributed by atoms with Crippen LogP contribution in [0, 0.1) is 0 Å². The molecule has 2 aliphatic rings. The highest BCUT2D eigenvalue weighted by Gasteiger charge is 2.19. The average molecular weight is 323 g/mol. The van der Waals surface area contributed by atoms with Crippen LogP contribution in [0.5, 0.6) is 0 Å². The maximum atomic E-state index is 8.98. The summed E-state index contributed by atoms with van der Waals surface area (Å²) in [6.45, 7) is -5.61. The maximum absolute atomic E-state index is 8.98. The Morgan fingerprint density at radius 1 is 1.16 bits per heavy atom. The molecule has 19 heavy (non-hydrogen) atoms. The van der Waals surface area contributed by atoms with E-state index in [1.165, 1.54) is 9.80 Å². The molecule has 0 aromatic heterocycles. The van der Waals surface area contributed by atoms with E-state index in [0.717, 1.165) is 12.8 Å². The molecule has 116 valence electrons. The summed E-state index contributed by atoms with van der Waals surface area (Å²) in [6.07, 6.45) is 2.84. The molecule has 1 N–H and O–H groups in total. The van der Waals surface area contributed by atoms with E-state index < -0.39 is 26.3 Å². The number of nitrogens with zero attached hydrogens (tertiary/aromatic N) is 2. The van der Waals surface area contributed by atoms with Gasteiger partial charge in [-0.25, -0.2) is 0 Å². The summed E-state index contributed by atoms with van der Waals surface area (Å²) in [5, 5.41) is 8.98. The summed E-state index contributed by atoms with van der Waals surface area (Å²) in [6, 6.07) is -0.627. The maximum Gasteiger partial charge on any atom is 0.0564 e. The lowest BCUT2D eigenvalue weighted by atomic mass is 10.2. The minimum Gasteiger partial charge on any atom is -0.396 e. The van der Waals surface area contributed by atoms with Crippen LogP contribution in [0.4, 0.5) is 0 Å². The van der Waals surface area contributed by atoms with Crippen LogP contribution < -0.4 is 0 Å². The third-order valence-corrected chi connectivity index (χ3v) is 3.55. The van der Waals surface area contributed by atoms with Crippen molar-refractivity contribution in [3.05, 3.63) is 0 Å². The van der Waals surface area contributed by atoms with Gasteiger partial charge in [-0.05, 0) is 65.6 Å². The van der Waals surface area contributed by atoms with Gasteiger partial charge in [0.15, 0.2) is 0 Å². The molecular weight excluding hydrogens is 283 g/mol. The van der Waals surface area contributed by atoms with Crippen LogP contribution >= 0.6 is 24.0 Å². The number of halogens is 2. The van der Waals surface area contributed by atoms with Crippen LogP contribution in [0.25, 0.3) is 0 Å². The molecule has 0 amide bonds. The van der Waals surface area contributed by atoms with Gasteiger partial charge in [-0.15, -0.1) is 24.0 Å². The Balaban J connectivity index is 0.000000523. The topological polar surface area (TPSA) is 26.7 Å². The molecule has 0 aromatic rings. The van der Waals surface area contributed by atoms with Crippen molar-refractivity contribution in [1.82, 2.24) is 9.80 Å². The van der Waals surface area contributed by atoms with Gasteiger partial charge in [0.25, 0.3) is 0 Å². The summed E-state index contributed by atoms with van der Waals surface area (Å²) in [5.41, 5.74) is 0. The van der Waals surface area contributed by atoms with Gasteiger partial charge < -0.3 is 14.9 Å². The average Bonchev–Trinajstić information content (AvgIpc) is 3.03. The summed E-state index contributed by atoms with van der Waals surface area (Å²) < 4.78 is 71.9. The third kappa shape index (κ3) is 7.14. The van der Waals surface area contributed by atoms with Gasteiger partial charge in [-0.2, -0.15) is 0 Å². The second-order valence-corrected chi connectivity index (χ2v) is 4.95. The van der Waals surface area contributed by atoms with Gasteiger partial charge >= 0.3 is 0 Å². The number of rotatable bonds is 4. The quantitative estimate of drug-likeness (QED) is 0.806. The van der Waals surface area contributed by atoms with Crippen molar-refractivity contribution in [2.75, 3.05) is 39.4 Å². The zero-order valence-electron chi connectivity index (χ0n) is 20.9. The molecule has 0 saturated carbocycles. The zero-order chi connectivity index (χ0) is 22.0. The number of aliphatic hydroxyl groups is 1. The predicted octanol–water partition coefficient (Wildman–Crippen LogP) is 2.59. The van der Waals surface area contributed by atoms with Gasteiger partial charge in [0.05, 0.1) is 2.74 Å². The highest BCUT2D eigenvalue weighted by Crippen LogP contribution is 2.17. The van der Waals surface area contributed by atoms with Gasteiger partial charge in [-0.3, -0.25) is 0 Å². The first-order valence-corrected chi connectivity index (χ1v) is 6.73. The Hall–Kier alpha value is 0.460. The molecule has 0 radical (unpaired) electrons. The van der Waals surface area contributed by atoms with Gasteiger partial charge in [0, 0.05) is 35.4 Å². The van der Waals surface area contributed by atoms with Crippen molar-refractivity contribution >= 4 is 24.0 Å². The van der Waals surface area contributed by atoms with Gasteiger partial charge in [-0.1, -0.05) is 0 Å². The fourth-order valence-corrected chi connectivity index (χ4v) is 2.47. The Labute approximate surface area is 143 Å². The molecule has 2 saturated heterocycles. The minimum atomic E-state index is -2.28. The first-order valence-electron chi connectivity index (χ1n) is 11.3. The highest BCUT2D eigenvalue weighted by atomic mass is 35.5. The van der Waals surface area contributed by atoms with E-state index in [2.05, 4.69) is 0 Å². The van der Waals surface area contributed by atoms with Gasteiger partial charge in [0.1, 0.15) is 0 Å². The van der Waals surface area contributed by atoms with Gasteiger partial charge in [0.2, 0.25) is 0 Å². The summed E-state index contributed by atoms with van der Waals surface area (Å²) in [7, 11) is 0. The van der Waals surface area contributed by atoms with E-state index in [9.17, 15) is 0 Å². The van der Waals surface area contributed by atoms with E-state index in [0.29, 0.717) is 25.9 Å². The lowest BCUT2D eigenvalue weighted by Crippen LogP contribution is -2.25. The molecule has 0 unspecified atom stereocenters. The molecule has 0 bridgehead atoms. The Morgan fingerprint density at radius 3 is 2.11 bits per heavy atom. The van der Waals surface area contributed by atoms with Crippen LogP contribution in [0.1, 0.15) is 52.2 Å². The zero-order valence-corrected chi connectivity index (χ0v) is 12.5. The van der Waals surface area contributed by atoms with Crippen LogP contribution in [0.2, 0.25) is 0 Å². The monoisotopic (exact) mass is 322 g/mol. The molecule has 0 spiro atoms. The minimum absolute atomic E-state index is 0. The number of alkyl halides is 1. The number of hydrogen-bond acceptors (Lipinski definition) is 3. The Morgan fingerprint density at radius 2 is 1.68 bits per heavy atom. The molecule has 3 nitrogen and oxygen atoms in total. The molecule has 2 heterocycles. The van der Waals surface area contributed by atoms with E-state index in [1.807, 2.05) is 0 Å². The van der Waals surface area contributed by atoms with Crippen molar-refractivity contribution in [2.45, 2.75) is 50.6 Å². The molecule has 5 heteroatoms. The Bertz CT molecular complexity index is 449. The van der Waals surface area contributed by atoms with E-state index in [1.54, 1.807) is 0 Å². The third-order valence-electron chi connectivity index (χ3n) is 3.39. The van der Waals surface area contributed by atoms with E-state index in [4.69, 9.17) is 30.4 Å². The molecule has 2 rings (SSSR count). The summed E-state index contributed by atoms with van der Waals surface area (Å²) in [5.74, 6) is -1.81. The first-order chi connectivity index (χ1) is 12.4. The van der Waals surface area contributed by atoms with Crippen LogP contribution in [0.15, 0.2) is 0 Å². The SMILES string of the molecule is Cl.[2H]C([2H])(Cl)C[C@H]1CCCN1C([2H])([2H])[2H].[2H]C([2H])(O)C[C@H]1CCCN1C([2H])([2H])[2H]. The molecule has 0 aromatic carbocycles. The number of hydrogen-bond donors (Lipinski definition) is 1. The molecular formula is C14H30Cl2N2O. The van der Waals surface area contributed by atoms with Crippen molar-refractivity contribution < 1.29 is 18.8 Å². The van der Waals surface area contributed by atoms with Crippen molar-refractivity contribution in [1.29, 1.82) is 0 Å². The summed E-state index contributed by atoms with van der Waals surface area (Å²) >= 11 is 5.45. The largest absolute Gasteiger partial charge is 0.396 e. The normalized spacial score (nSPS) is 38.4. The molecule has 0 aliphatic carbocycles. The predicted molar refractivity (Wildman–Crippen MR) is 85.6 cm³/mol. The van der Waals surface area contributed by atoms with Crippen molar-refractivity contribution in [3.8, 4) is 0 Å². The Kier molecular flexibility index (Phi) is 4.81. The van der Waals surface area contributed by atoms with E-state index in [-0.39, 0.29) is 37.3 Å². The lowest BCUT2D eigenvalue weighted by Gasteiger charge is -2.17. The fourth-order valence-electron chi connectivity index (χ4n) is 2.29. The standard InChI is InChI=1S/C7H14ClN.C7H15NO.ClH/c1-9-6-2-3-7(9)4-5-8;1-8-5-2-3-7(8)4-6-9;/h7H,2-6H2,1H3;7,9H,2-6H2,1H3;1H/t2*7-;/m11./s1/i1D3,5D2;1D3,6D2;. The van der Waals surface area contributed by atoms with E-state index >= 15 is 0 Å². The van der Waals surface area contributed by atoms with Crippen molar-refractivity contribution in [3.63, 3.8) is 0 Å². The molecule has 2 atom stereocenters. The fraction of sp³-hybridized carbons (Fsp3) is 1.00. The second-order valence-electron chi connectivity index (χ2n) is 4.68. The lowest BCUT2D eigenvalue weighted by molar-refractivity contribution is 0.220. The van der Waals surface area contributed by atoms with Crippen molar-refractivity contribution in [2.24, 2.45) is 0 Å². The highest BCUT2D eigenvalue weighted by molar-refractivity contribution is 6.17. The first kappa shape index (κ1) is 8.19. The summed E-state index contributed by atoms with van der Waals surface area (Å²) in [4.78, 5) is 2.66. The molecule has 2 fully saturated rings. The van der Waals surface area contributed by atoms with Crippen LogP contribution in [-0.4, -0.2) is 66.4 Å².